The summed E-state index contributed by atoms with van der Waals surface area (Å²) in [6.07, 6.45) is -8.79. The number of halogens is 6. The van der Waals surface area contributed by atoms with Crippen LogP contribution in [0.1, 0.15) is 42.5 Å². The maximum absolute atomic E-state index is 12.8. The third-order valence-corrected chi connectivity index (χ3v) is 8.84. The van der Waals surface area contributed by atoms with E-state index in [1.54, 1.807) is 11.7 Å². The van der Waals surface area contributed by atoms with Crippen molar-refractivity contribution >= 4 is 56.7 Å². The first-order chi connectivity index (χ1) is 28.6. The van der Waals surface area contributed by atoms with Crippen molar-refractivity contribution in [1.29, 1.82) is 0 Å². The second-order valence-corrected chi connectivity index (χ2v) is 13.6. The minimum absolute atomic E-state index is 0.105. The highest BCUT2D eigenvalue weighted by Crippen LogP contribution is 2.32. The quantitative estimate of drug-likeness (QED) is 0.102. The zero-order chi connectivity index (χ0) is 42.8. The number of aromatic nitrogens is 8. The van der Waals surface area contributed by atoms with Crippen LogP contribution in [0.3, 0.4) is 0 Å². The predicted octanol–water partition coefficient (Wildman–Crippen LogP) is 9.59. The molecule has 0 aliphatic heterocycles. The van der Waals surface area contributed by atoms with E-state index >= 15 is 0 Å². The third kappa shape index (κ3) is 9.05. The van der Waals surface area contributed by atoms with Crippen molar-refractivity contribution < 1.29 is 31.1 Å². The van der Waals surface area contributed by atoms with Gasteiger partial charge in [-0.15, -0.1) is 0 Å². The van der Waals surface area contributed by atoms with E-state index in [0.29, 0.717) is 34.8 Å². The van der Waals surface area contributed by atoms with Crippen molar-refractivity contribution in [3.63, 3.8) is 0 Å². The first-order valence-corrected chi connectivity index (χ1v) is 18.2. The fourth-order valence-electron chi connectivity index (χ4n) is 6.18. The highest BCUT2D eigenvalue weighted by Gasteiger charge is 2.31. The summed E-state index contributed by atoms with van der Waals surface area (Å²) in [5, 5.41) is 5.95. The molecule has 0 saturated heterocycles. The first kappa shape index (κ1) is 40.9. The number of anilines is 6. The fourth-order valence-corrected chi connectivity index (χ4v) is 6.18. The van der Waals surface area contributed by atoms with E-state index < -0.39 is 23.5 Å². The summed E-state index contributed by atoms with van der Waals surface area (Å²) in [6.45, 7) is 4.27. The molecule has 6 N–H and O–H groups in total. The molecular formula is C41H36F6N12O. The Morgan fingerprint density at radius 3 is 1.47 bits per heavy atom. The number of nitrogens with zero attached hydrogens (tertiary/aromatic N) is 8. The van der Waals surface area contributed by atoms with Gasteiger partial charge in [-0.25, -0.2) is 9.97 Å². The minimum Gasteiger partial charge on any atom is -0.383 e. The van der Waals surface area contributed by atoms with Crippen molar-refractivity contribution in [2.24, 2.45) is 0 Å². The van der Waals surface area contributed by atoms with Gasteiger partial charge in [0.25, 0.3) is 0 Å². The normalized spacial score (nSPS) is 11.8. The molecule has 0 aliphatic rings. The number of imidazole rings is 2. The van der Waals surface area contributed by atoms with Crippen molar-refractivity contribution in [2.45, 2.75) is 38.7 Å². The molecular weight excluding hydrogens is 791 g/mol. The Balaban J connectivity index is 0.000000181. The van der Waals surface area contributed by atoms with Crippen molar-refractivity contribution in [3.8, 4) is 11.9 Å². The molecule has 0 spiro atoms. The number of rotatable bonds is 9. The standard InChI is InChI=1S/C21H19F3N6.C20H17F3N6O/c1-12(2)19-27-15-5-3-4-6-16(15)30(19)20-28-17(25)11-18(29-20)26-14-9-7-13(8-10-14)21(22,23)24;1-30-11-18-26-14-4-2-3-5-15(14)29(18)19-27-16(24)10-17(28-19)25-13-8-6-12(7-9-13)20(21,22)23/h3-12H,1-2H3,(H3,25,26,28,29);2-10H,11H2,1H3,(H3,24,25,27,28). The van der Waals surface area contributed by atoms with Gasteiger partial charge in [0, 0.05) is 36.5 Å². The highest BCUT2D eigenvalue weighted by atomic mass is 19.4. The van der Waals surface area contributed by atoms with Gasteiger partial charge in [0.2, 0.25) is 11.9 Å². The van der Waals surface area contributed by atoms with Crippen LogP contribution in [0.25, 0.3) is 34.0 Å². The maximum atomic E-state index is 12.8. The molecule has 4 aromatic heterocycles. The number of hydrogen-bond acceptors (Lipinski definition) is 11. The Kier molecular flexibility index (Phi) is 11.3. The van der Waals surface area contributed by atoms with Crippen molar-refractivity contribution in [3.05, 3.63) is 132 Å². The molecule has 8 aromatic rings. The average molecular weight is 827 g/mol. The third-order valence-electron chi connectivity index (χ3n) is 8.84. The van der Waals surface area contributed by atoms with E-state index in [1.165, 1.54) is 36.4 Å². The van der Waals surface area contributed by atoms with E-state index in [2.05, 4.69) is 40.5 Å². The van der Waals surface area contributed by atoms with E-state index in [1.807, 2.05) is 66.9 Å². The zero-order valence-corrected chi connectivity index (χ0v) is 32.1. The van der Waals surface area contributed by atoms with Crippen LogP contribution in [0.5, 0.6) is 0 Å². The number of para-hydroxylation sites is 4. The molecule has 60 heavy (non-hydrogen) atoms. The van der Waals surface area contributed by atoms with E-state index in [9.17, 15) is 26.3 Å². The van der Waals surface area contributed by atoms with Gasteiger partial charge >= 0.3 is 12.4 Å². The van der Waals surface area contributed by atoms with E-state index in [-0.39, 0.29) is 30.1 Å². The zero-order valence-electron chi connectivity index (χ0n) is 32.1. The lowest BCUT2D eigenvalue weighted by Crippen LogP contribution is -2.10. The number of methoxy groups -OCH3 is 1. The summed E-state index contributed by atoms with van der Waals surface area (Å²) in [5.41, 5.74) is 14.6. The molecule has 0 amide bonds. The van der Waals surface area contributed by atoms with Crippen LogP contribution in [0.4, 0.5) is 61.0 Å². The second-order valence-electron chi connectivity index (χ2n) is 13.6. The number of nitrogens with two attached hydrogens (primary N) is 2. The average Bonchev–Trinajstić information content (AvgIpc) is 3.77. The lowest BCUT2D eigenvalue weighted by atomic mass is 10.2. The highest BCUT2D eigenvalue weighted by molar-refractivity contribution is 5.79. The number of benzene rings is 4. The van der Waals surface area contributed by atoms with Crippen LogP contribution >= 0.6 is 0 Å². The molecule has 0 radical (unpaired) electrons. The van der Waals surface area contributed by atoms with Crippen LogP contribution in [0, 0.1) is 0 Å². The van der Waals surface area contributed by atoms with Gasteiger partial charge in [0.1, 0.15) is 41.5 Å². The van der Waals surface area contributed by atoms with E-state index in [4.69, 9.17) is 16.2 Å². The van der Waals surface area contributed by atoms with Crippen LogP contribution < -0.4 is 22.1 Å². The Morgan fingerprint density at radius 2 is 1.02 bits per heavy atom. The molecule has 0 unspecified atom stereocenters. The van der Waals surface area contributed by atoms with Gasteiger partial charge in [-0.05, 0) is 72.8 Å². The summed E-state index contributed by atoms with van der Waals surface area (Å²) in [6, 6.07) is 27.5. The summed E-state index contributed by atoms with van der Waals surface area (Å²) < 4.78 is 85.4. The van der Waals surface area contributed by atoms with E-state index in [0.717, 1.165) is 52.2 Å². The molecule has 0 aliphatic carbocycles. The van der Waals surface area contributed by atoms with Crippen LogP contribution in [-0.4, -0.2) is 46.1 Å². The van der Waals surface area contributed by atoms with Gasteiger partial charge in [-0.2, -0.15) is 46.3 Å². The SMILES string of the molecule is CC(C)c1nc2ccccc2n1-c1nc(N)cc(Nc2ccc(C(F)(F)F)cc2)n1.COCc1nc2ccccc2n1-c1nc(N)cc(Nc2ccc(C(F)(F)F)cc2)n1. The molecule has 308 valence electrons. The smallest absolute Gasteiger partial charge is 0.383 e. The minimum atomic E-state index is -4.40. The second kappa shape index (κ2) is 16.5. The monoisotopic (exact) mass is 826 g/mol. The van der Waals surface area contributed by atoms with Gasteiger partial charge in [0.05, 0.1) is 33.2 Å². The number of nitrogen functional groups attached to an aromatic ring is 2. The maximum Gasteiger partial charge on any atom is 0.416 e. The summed E-state index contributed by atoms with van der Waals surface area (Å²) in [4.78, 5) is 26.9. The number of alkyl halides is 6. The summed E-state index contributed by atoms with van der Waals surface area (Å²) >= 11 is 0. The molecule has 13 nitrogen and oxygen atoms in total. The van der Waals surface area contributed by atoms with Crippen LogP contribution in [0.2, 0.25) is 0 Å². The largest absolute Gasteiger partial charge is 0.416 e. The molecule has 0 saturated carbocycles. The van der Waals surface area contributed by atoms with Crippen LogP contribution in [0.15, 0.2) is 109 Å². The molecule has 4 heterocycles. The Labute approximate surface area is 338 Å². The van der Waals surface area contributed by atoms with Crippen LogP contribution in [-0.2, 0) is 23.7 Å². The molecule has 4 aromatic carbocycles. The number of ether oxygens (including phenoxy) is 1. The summed E-state index contributed by atoms with van der Waals surface area (Å²) in [7, 11) is 1.56. The molecule has 8 rings (SSSR count). The first-order valence-electron chi connectivity index (χ1n) is 18.2. The Hall–Kier alpha value is -7.28. The van der Waals surface area contributed by atoms with Crippen molar-refractivity contribution in [2.75, 3.05) is 29.2 Å². The number of hydrogen-bond donors (Lipinski definition) is 4. The van der Waals surface area contributed by atoms with Crippen molar-refractivity contribution in [1.82, 2.24) is 39.0 Å². The Bertz CT molecular complexity index is 2760. The number of fused-ring (bicyclic) bond motifs is 2. The molecule has 19 heteroatoms. The molecule has 0 bridgehead atoms. The van der Waals surface area contributed by atoms with Gasteiger partial charge in [-0.1, -0.05) is 38.1 Å². The fraction of sp³-hybridized carbons (Fsp3) is 0.171. The van der Waals surface area contributed by atoms with Gasteiger partial charge < -0.3 is 26.8 Å². The predicted molar refractivity (Wildman–Crippen MR) is 216 cm³/mol. The summed E-state index contributed by atoms with van der Waals surface area (Å²) in [5.74, 6) is 3.19. The Morgan fingerprint density at radius 1 is 0.583 bits per heavy atom. The number of nitrogens with one attached hydrogen (secondary N) is 2. The topological polar surface area (TPSA) is 173 Å². The molecule has 0 fully saturated rings. The lowest BCUT2D eigenvalue weighted by Gasteiger charge is -2.13. The lowest BCUT2D eigenvalue weighted by molar-refractivity contribution is -0.138. The van der Waals surface area contributed by atoms with Gasteiger partial charge in [0.15, 0.2) is 0 Å². The van der Waals surface area contributed by atoms with Gasteiger partial charge in [-0.3, -0.25) is 9.13 Å². The molecule has 0 atom stereocenters.